The number of anilines is 2. The minimum absolute atomic E-state index is 0.0377. The lowest BCUT2D eigenvalue weighted by Crippen LogP contribution is -2.34. The van der Waals surface area contributed by atoms with Gasteiger partial charge in [-0.1, -0.05) is 25.1 Å². The fraction of sp³-hybridized carbons (Fsp3) is 0.350. The first-order valence-corrected chi connectivity index (χ1v) is 9.76. The lowest BCUT2D eigenvalue weighted by Gasteiger charge is -2.23. The molecule has 136 valence electrons. The molecular weight excluding hydrogens is 344 g/mol. The lowest BCUT2D eigenvalue weighted by atomic mass is 10.1. The Balaban J connectivity index is 1.86. The van der Waals surface area contributed by atoms with Crippen molar-refractivity contribution >= 4 is 39.0 Å². The van der Waals surface area contributed by atoms with E-state index in [1.807, 2.05) is 62.2 Å². The highest BCUT2D eigenvalue weighted by Gasteiger charge is 2.17. The topological polar surface area (TPSA) is 58.1 Å². The zero-order valence-electron chi connectivity index (χ0n) is 15.7. The average Bonchev–Trinajstić information content (AvgIpc) is 3.10. The number of carbonyl (C=O) groups excluding carboxylic acids is 1. The number of rotatable bonds is 6. The fourth-order valence-corrected chi connectivity index (χ4v) is 3.76. The monoisotopic (exact) mass is 368 g/mol. The summed E-state index contributed by atoms with van der Waals surface area (Å²) in [5.74, 6) is 1.61. The van der Waals surface area contributed by atoms with Crippen molar-refractivity contribution in [3.05, 3.63) is 46.6 Å². The lowest BCUT2D eigenvalue weighted by molar-refractivity contribution is -0.115. The van der Waals surface area contributed by atoms with Crippen LogP contribution in [0.2, 0.25) is 0 Å². The van der Waals surface area contributed by atoms with E-state index in [4.69, 9.17) is 4.98 Å². The molecule has 5 nitrogen and oxygen atoms in total. The zero-order chi connectivity index (χ0) is 18.7. The Bertz CT molecular complexity index is 914. The second kappa shape index (κ2) is 7.83. The average molecular weight is 369 g/mol. The molecule has 0 atom stereocenters. The third-order valence-corrected chi connectivity index (χ3v) is 5.24. The number of hydrogen-bond donors (Lipinski definition) is 1. The van der Waals surface area contributed by atoms with Gasteiger partial charge in [0.05, 0.1) is 11.9 Å². The summed E-state index contributed by atoms with van der Waals surface area (Å²) in [7, 11) is 0. The largest absolute Gasteiger partial charge is 0.347 e. The molecule has 0 saturated carbocycles. The molecule has 0 saturated heterocycles. The molecule has 0 fully saturated rings. The molecule has 1 N–H and O–H groups in total. The predicted octanol–water partition coefficient (Wildman–Crippen LogP) is 4.34. The molecule has 0 aliphatic heterocycles. The van der Waals surface area contributed by atoms with Gasteiger partial charge in [-0.3, -0.25) is 4.79 Å². The van der Waals surface area contributed by atoms with Gasteiger partial charge in [0.15, 0.2) is 0 Å². The number of amides is 1. The van der Waals surface area contributed by atoms with Crippen molar-refractivity contribution in [1.82, 2.24) is 9.97 Å². The van der Waals surface area contributed by atoms with Crippen LogP contribution >= 0.6 is 11.3 Å². The fourth-order valence-electron chi connectivity index (χ4n) is 2.98. The third kappa shape index (κ3) is 3.70. The number of likely N-dealkylation sites (N-methyl/N-ethyl adjacent to an activating group) is 1. The number of aryl methyl sites for hydroxylation is 3. The van der Waals surface area contributed by atoms with Crippen LogP contribution in [0.3, 0.4) is 0 Å². The van der Waals surface area contributed by atoms with Gasteiger partial charge >= 0.3 is 0 Å². The highest BCUT2D eigenvalue weighted by Crippen LogP contribution is 2.28. The Morgan fingerprint density at radius 3 is 2.54 bits per heavy atom. The normalized spacial score (nSPS) is 10.9. The Morgan fingerprint density at radius 2 is 1.88 bits per heavy atom. The van der Waals surface area contributed by atoms with Gasteiger partial charge in [0.25, 0.3) is 0 Å². The van der Waals surface area contributed by atoms with Crippen LogP contribution < -0.4 is 10.2 Å². The first-order valence-electron chi connectivity index (χ1n) is 8.88. The van der Waals surface area contributed by atoms with E-state index >= 15 is 0 Å². The highest BCUT2D eigenvalue weighted by atomic mass is 32.1. The van der Waals surface area contributed by atoms with E-state index in [-0.39, 0.29) is 12.5 Å². The van der Waals surface area contributed by atoms with Gasteiger partial charge in [0, 0.05) is 18.7 Å². The molecule has 3 rings (SSSR count). The smallest absolute Gasteiger partial charge is 0.243 e. The van der Waals surface area contributed by atoms with Gasteiger partial charge in [-0.05, 0) is 43.3 Å². The van der Waals surface area contributed by atoms with Crippen LogP contribution in [0.4, 0.5) is 11.5 Å². The van der Waals surface area contributed by atoms with Crippen LogP contribution in [0.5, 0.6) is 0 Å². The molecule has 0 spiro atoms. The van der Waals surface area contributed by atoms with E-state index in [1.54, 1.807) is 11.3 Å². The van der Waals surface area contributed by atoms with Crippen molar-refractivity contribution in [1.29, 1.82) is 0 Å². The van der Waals surface area contributed by atoms with Crippen molar-refractivity contribution in [2.24, 2.45) is 0 Å². The molecule has 2 aromatic heterocycles. The minimum Gasteiger partial charge on any atom is -0.347 e. The van der Waals surface area contributed by atoms with E-state index in [0.29, 0.717) is 6.54 Å². The van der Waals surface area contributed by atoms with Gasteiger partial charge in [-0.25, -0.2) is 9.97 Å². The summed E-state index contributed by atoms with van der Waals surface area (Å²) in [5, 5.41) is 6.09. The number of carbonyl (C=O) groups is 1. The van der Waals surface area contributed by atoms with Crippen molar-refractivity contribution in [3.8, 4) is 0 Å². The molecule has 6 heteroatoms. The molecule has 3 aromatic rings. The molecule has 0 bridgehead atoms. The number of nitrogens with one attached hydrogen (secondary N) is 1. The van der Waals surface area contributed by atoms with Gasteiger partial charge in [-0.15, -0.1) is 11.3 Å². The van der Waals surface area contributed by atoms with Crippen LogP contribution in [0.15, 0.2) is 29.6 Å². The van der Waals surface area contributed by atoms with Crippen molar-refractivity contribution < 1.29 is 4.79 Å². The maximum atomic E-state index is 12.7. The molecule has 0 unspecified atom stereocenters. The van der Waals surface area contributed by atoms with Crippen LogP contribution in [-0.2, 0) is 11.2 Å². The van der Waals surface area contributed by atoms with E-state index in [2.05, 4.69) is 10.3 Å². The summed E-state index contributed by atoms with van der Waals surface area (Å²) >= 11 is 1.61. The quantitative estimate of drug-likeness (QED) is 0.703. The molecule has 0 radical (unpaired) electrons. The molecule has 2 heterocycles. The summed E-state index contributed by atoms with van der Waals surface area (Å²) in [6.07, 6.45) is 0.771. The van der Waals surface area contributed by atoms with Gasteiger partial charge in [-0.2, -0.15) is 0 Å². The summed E-state index contributed by atoms with van der Waals surface area (Å²) in [4.78, 5) is 25.0. The Kier molecular flexibility index (Phi) is 5.52. The zero-order valence-corrected chi connectivity index (χ0v) is 16.5. The van der Waals surface area contributed by atoms with Crippen molar-refractivity contribution in [2.45, 2.75) is 34.1 Å². The Hall–Kier alpha value is -2.47. The number of thiophene rings is 1. The standard InChI is InChI=1S/C20H24N4OS/c1-5-16-21-19(15-10-11-26-20(15)22-16)24(6-2)12-17(25)23-18-13(3)8-7-9-14(18)4/h7-11H,5-6,12H2,1-4H3,(H,23,25). The number of para-hydroxylation sites is 1. The summed E-state index contributed by atoms with van der Waals surface area (Å²) in [6, 6.07) is 8.04. The van der Waals surface area contributed by atoms with Crippen LogP contribution in [0.25, 0.3) is 10.2 Å². The number of aromatic nitrogens is 2. The molecule has 0 aliphatic rings. The Morgan fingerprint density at radius 1 is 1.15 bits per heavy atom. The first kappa shape index (κ1) is 18.3. The second-order valence-corrected chi connectivity index (χ2v) is 7.18. The molecule has 1 aromatic carbocycles. The van der Waals surface area contributed by atoms with E-state index in [1.165, 1.54) is 0 Å². The summed E-state index contributed by atoms with van der Waals surface area (Å²) < 4.78 is 0. The van der Waals surface area contributed by atoms with E-state index in [0.717, 1.165) is 45.1 Å². The summed E-state index contributed by atoms with van der Waals surface area (Å²) in [6.45, 7) is 9.06. The number of fused-ring (bicyclic) bond motifs is 1. The number of nitrogens with zero attached hydrogens (tertiary/aromatic N) is 3. The van der Waals surface area contributed by atoms with E-state index < -0.39 is 0 Å². The second-order valence-electron chi connectivity index (χ2n) is 6.29. The van der Waals surface area contributed by atoms with Gasteiger partial charge < -0.3 is 10.2 Å². The van der Waals surface area contributed by atoms with Crippen LogP contribution in [-0.4, -0.2) is 29.0 Å². The minimum atomic E-state index is -0.0377. The predicted molar refractivity (Wildman–Crippen MR) is 109 cm³/mol. The maximum Gasteiger partial charge on any atom is 0.243 e. The molecule has 26 heavy (non-hydrogen) atoms. The summed E-state index contributed by atoms with van der Waals surface area (Å²) in [5.41, 5.74) is 3.03. The number of benzene rings is 1. The van der Waals surface area contributed by atoms with E-state index in [9.17, 15) is 4.79 Å². The molecule has 1 amide bonds. The Labute approximate surface area is 158 Å². The van der Waals surface area contributed by atoms with Crippen molar-refractivity contribution in [3.63, 3.8) is 0 Å². The van der Waals surface area contributed by atoms with Crippen molar-refractivity contribution in [2.75, 3.05) is 23.3 Å². The van der Waals surface area contributed by atoms with Crippen LogP contribution in [0, 0.1) is 13.8 Å². The third-order valence-electron chi connectivity index (χ3n) is 4.43. The van der Waals surface area contributed by atoms with Gasteiger partial charge in [0.1, 0.15) is 16.5 Å². The van der Waals surface area contributed by atoms with Crippen LogP contribution in [0.1, 0.15) is 30.8 Å². The molecule has 0 aliphatic carbocycles. The van der Waals surface area contributed by atoms with Gasteiger partial charge in [0.2, 0.25) is 5.91 Å². The first-order chi connectivity index (χ1) is 12.5. The SMILES string of the molecule is CCc1nc(N(CC)CC(=O)Nc2c(C)cccc2C)c2ccsc2n1. The highest BCUT2D eigenvalue weighted by molar-refractivity contribution is 7.16. The molecular formula is C20H24N4OS. The number of hydrogen-bond acceptors (Lipinski definition) is 5. The maximum absolute atomic E-state index is 12.7.